The molecule has 0 aromatic carbocycles. The Morgan fingerprint density at radius 3 is 3.07 bits per heavy atom. The first kappa shape index (κ1) is 8.96. The van der Waals surface area contributed by atoms with E-state index in [4.69, 9.17) is 14.7 Å². The van der Waals surface area contributed by atoms with Crippen molar-refractivity contribution in [1.29, 1.82) is 0 Å². The molecule has 0 unspecified atom stereocenters. The van der Waals surface area contributed by atoms with E-state index in [9.17, 15) is 0 Å². The molecular formula is C9H11N3O2. The van der Waals surface area contributed by atoms with E-state index >= 15 is 0 Å². The summed E-state index contributed by atoms with van der Waals surface area (Å²) in [5.74, 6) is 1.47. The van der Waals surface area contributed by atoms with Crippen molar-refractivity contribution in [2.24, 2.45) is 5.73 Å². The minimum atomic E-state index is -0.203. The first-order valence-corrected chi connectivity index (χ1v) is 4.44. The van der Waals surface area contributed by atoms with Crippen molar-refractivity contribution >= 4 is 0 Å². The third-order valence-electron chi connectivity index (χ3n) is 1.94. The Bertz CT molecular complexity index is 394. The fraction of sp³-hybridized carbons (Fsp3) is 0.333. The first-order valence-electron chi connectivity index (χ1n) is 4.44. The lowest BCUT2D eigenvalue weighted by atomic mass is 10.2. The molecule has 2 N–H and O–H groups in total. The van der Waals surface area contributed by atoms with Gasteiger partial charge in [0.1, 0.15) is 0 Å². The summed E-state index contributed by atoms with van der Waals surface area (Å²) in [6.45, 7) is 1.96. The summed E-state index contributed by atoms with van der Waals surface area (Å²) in [5.41, 5.74) is 5.73. The van der Waals surface area contributed by atoms with Crippen molar-refractivity contribution in [2.45, 2.75) is 19.4 Å². The van der Waals surface area contributed by atoms with Gasteiger partial charge in [0.05, 0.1) is 12.3 Å². The number of furan rings is 1. The summed E-state index contributed by atoms with van der Waals surface area (Å²) in [6.07, 6.45) is 2.32. The highest BCUT2D eigenvalue weighted by molar-refractivity contribution is 5.44. The molecule has 0 radical (unpaired) electrons. The van der Waals surface area contributed by atoms with Gasteiger partial charge in [0.2, 0.25) is 11.7 Å². The van der Waals surface area contributed by atoms with Gasteiger partial charge in [-0.25, -0.2) is 0 Å². The lowest BCUT2D eigenvalue weighted by Crippen LogP contribution is -2.08. The van der Waals surface area contributed by atoms with Gasteiger partial charge in [0, 0.05) is 0 Å². The van der Waals surface area contributed by atoms with Crippen LogP contribution in [-0.2, 0) is 0 Å². The van der Waals surface area contributed by atoms with Gasteiger partial charge >= 0.3 is 0 Å². The molecule has 0 aliphatic carbocycles. The second-order valence-corrected chi connectivity index (χ2v) is 2.95. The Balaban J connectivity index is 2.26. The summed E-state index contributed by atoms with van der Waals surface area (Å²) in [6, 6.07) is 3.34. The molecule has 2 heterocycles. The zero-order valence-corrected chi connectivity index (χ0v) is 7.80. The van der Waals surface area contributed by atoms with Crippen LogP contribution < -0.4 is 5.73 Å². The average molecular weight is 193 g/mol. The van der Waals surface area contributed by atoms with Gasteiger partial charge in [0.15, 0.2) is 5.76 Å². The Hall–Kier alpha value is -1.62. The number of hydrogen-bond acceptors (Lipinski definition) is 5. The summed E-state index contributed by atoms with van der Waals surface area (Å²) < 4.78 is 10.1. The molecule has 1 atom stereocenters. The monoisotopic (exact) mass is 193 g/mol. The van der Waals surface area contributed by atoms with Crippen LogP contribution in [0.4, 0.5) is 0 Å². The molecule has 0 spiro atoms. The van der Waals surface area contributed by atoms with Gasteiger partial charge in [-0.2, -0.15) is 4.98 Å². The maximum absolute atomic E-state index is 5.73. The molecular weight excluding hydrogens is 182 g/mol. The van der Waals surface area contributed by atoms with E-state index in [0.29, 0.717) is 17.5 Å². The van der Waals surface area contributed by atoms with E-state index in [-0.39, 0.29) is 6.04 Å². The van der Waals surface area contributed by atoms with Crippen LogP contribution in [-0.4, -0.2) is 10.1 Å². The second kappa shape index (κ2) is 3.63. The third-order valence-corrected chi connectivity index (χ3v) is 1.94. The van der Waals surface area contributed by atoms with Crippen molar-refractivity contribution in [1.82, 2.24) is 10.1 Å². The van der Waals surface area contributed by atoms with Gasteiger partial charge in [-0.3, -0.25) is 0 Å². The van der Waals surface area contributed by atoms with E-state index in [1.807, 2.05) is 6.92 Å². The number of aromatic nitrogens is 2. The predicted molar refractivity (Wildman–Crippen MR) is 49.2 cm³/mol. The van der Waals surface area contributed by atoms with E-state index in [1.165, 1.54) is 0 Å². The fourth-order valence-electron chi connectivity index (χ4n) is 1.07. The van der Waals surface area contributed by atoms with Crippen LogP contribution in [0.3, 0.4) is 0 Å². The Kier molecular flexibility index (Phi) is 2.32. The first-order chi connectivity index (χ1) is 6.81. The number of hydrogen-bond donors (Lipinski definition) is 1. The lowest BCUT2D eigenvalue weighted by Gasteiger charge is -1.98. The van der Waals surface area contributed by atoms with E-state index in [2.05, 4.69) is 10.1 Å². The summed E-state index contributed by atoms with van der Waals surface area (Å²) >= 11 is 0. The van der Waals surface area contributed by atoms with Crippen LogP contribution in [0, 0.1) is 0 Å². The van der Waals surface area contributed by atoms with Gasteiger partial charge in [0.25, 0.3) is 0 Å². The van der Waals surface area contributed by atoms with Crippen molar-refractivity contribution in [3.05, 3.63) is 24.3 Å². The predicted octanol–water partition coefficient (Wildman–Crippen LogP) is 1.74. The van der Waals surface area contributed by atoms with Gasteiger partial charge in [-0.05, 0) is 18.6 Å². The summed E-state index contributed by atoms with van der Waals surface area (Å²) in [5, 5.41) is 3.77. The summed E-state index contributed by atoms with van der Waals surface area (Å²) in [7, 11) is 0. The molecule has 5 heteroatoms. The molecule has 0 saturated carbocycles. The fourth-order valence-corrected chi connectivity index (χ4v) is 1.07. The van der Waals surface area contributed by atoms with Crippen molar-refractivity contribution in [2.75, 3.05) is 0 Å². The van der Waals surface area contributed by atoms with Crippen molar-refractivity contribution in [3.8, 4) is 11.6 Å². The molecule has 74 valence electrons. The normalized spacial score (nSPS) is 13.0. The van der Waals surface area contributed by atoms with Gasteiger partial charge < -0.3 is 14.7 Å². The largest absolute Gasteiger partial charge is 0.461 e. The molecule has 0 amide bonds. The van der Waals surface area contributed by atoms with Crippen LogP contribution in [0.2, 0.25) is 0 Å². The van der Waals surface area contributed by atoms with Crippen LogP contribution in [0.5, 0.6) is 0 Å². The minimum absolute atomic E-state index is 0.203. The maximum Gasteiger partial charge on any atom is 0.243 e. The summed E-state index contributed by atoms with van der Waals surface area (Å²) in [4.78, 5) is 4.13. The lowest BCUT2D eigenvalue weighted by molar-refractivity contribution is 0.351. The molecule has 0 aliphatic heterocycles. The molecule has 0 saturated heterocycles. The van der Waals surface area contributed by atoms with Gasteiger partial charge in [-0.1, -0.05) is 12.1 Å². The van der Waals surface area contributed by atoms with Crippen molar-refractivity contribution < 1.29 is 8.94 Å². The van der Waals surface area contributed by atoms with Crippen LogP contribution in [0.1, 0.15) is 25.3 Å². The molecule has 0 fully saturated rings. The Morgan fingerprint density at radius 1 is 1.57 bits per heavy atom. The minimum Gasteiger partial charge on any atom is -0.461 e. The Labute approximate surface area is 80.9 Å². The Morgan fingerprint density at radius 2 is 2.43 bits per heavy atom. The van der Waals surface area contributed by atoms with Crippen LogP contribution >= 0.6 is 0 Å². The number of nitrogens with two attached hydrogens (primary N) is 1. The van der Waals surface area contributed by atoms with Gasteiger partial charge in [-0.15, -0.1) is 0 Å². The molecule has 2 rings (SSSR count). The molecule has 5 nitrogen and oxygen atoms in total. The van der Waals surface area contributed by atoms with E-state index < -0.39 is 0 Å². The zero-order valence-electron chi connectivity index (χ0n) is 7.80. The topological polar surface area (TPSA) is 78.1 Å². The standard InChI is InChI=1S/C9H11N3O2/c1-2-6(10)9-11-8(12-14-9)7-4-3-5-13-7/h3-6H,2,10H2,1H3/t6-/m0/s1. The van der Waals surface area contributed by atoms with Crippen LogP contribution in [0.25, 0.3) is 11.6 Å². The SMILES string of the molecule is CC[C@H](N)c1nc(-c2ccco2)no1. The van der Waals surface area contributed by atoms with E-state index in [1.54, 1.807) is 18.4 Å². The molecule has 2 aromatic rings. The number of nitrogens with zero attached hydrogens (tertiary/aromatic N) is 2. The van der Waals surface area contributed by atoms with Crippen LogP contribution in [0.15, 0.2) is 27.3 Å². The van der Waals surface area contributed by atoms with Crippen molar-refractivity contribution in [3.63, 3.8) is 0 Å². The van der Waals surface area contributed by atoms with E-state index in [0.717, 1.165) is 6.42 Å². The zero-order chi connectivity index (χ0) is 9.97. The highest BCUT2D eigenvalue weighted by Crippen LogP contribution is 2.18. The number of rotatable bonds is 3. The average Bonchev–Trinajstić information content (AvgIpc) is 2.86. The second-order valence-electron chi connectivity index (χ2n) is 2.95. The quantitative estimate of drug-likeness (QED) is 0.803. The highest BCUT2D eigenvalue weighted by Gasteiger charge is 2.14. The third kappa shape index (κ3) is 1.54. The molecule has 0 aliphatic rings. The molecule has 2 aromatic heterocycles. The molecule has 0 bridgehead atoms. The molecule has 14 heavy (non-hydrogen) atoms. The smallest absolute Gasteiger partial charge is 0.243 e. The highest BCUT2D eigenvalue weighted by atomic mass is 16.5. The maximum atomic E-state index is 5.73.